The first-order valence-electron chi connectivity index (χ1n) is 44.9. The van der Waals surface area contributed by atoms with Gasteiger partial charge in [0, 0.05) is 93.2 Å². The molecule has 18 nitrogen and oxygen atoms in total. The van der Waals surface area contributed by atoms with Crippen molar-refractivity contribution in [3.05, 3.63) is 0 Å². The van der Waals surface area contributed by atoms with Gasteiger partial charge in [0.2, 0.25) is 0 Å². The van der Waals surface area contributed by atoms with Crippen molar-refractivity contribution in [1.82, 2.24) is 0 Å². The fraction of sp³-hybridized carbons (Fsp3) is 0.820. The molecule has 0 bridgehead atoms. The Kier molecular flexibility index (Phi) is 61.7. The lowest BCUT2D eigenvalue weighted by molar-refractivity contribution is -0.229. The number of carbonyl (C=O) groups excluding carboxylic acids is 18. The molecule has 0 radical (unpaired) electrons. The van der Waals surface area contributed by atoms with Gasteiger partial charge in [-0.25, -0.2) is 0 Å². The highest BCUT2D eigenvalue weighted by molar-refractivity contribution is 6.06. The Bertz CT molecular complexity index is 3650. The van der Waals surface area contributed by atoms with Gasteiger partial charge in [0.05, 0.1) is 69.1 Å². The van der Waals surface area contributed by atoms with Crippen molar-refractivity contribution in [3.8, 4) is 0 Å². The van der Waals surface area contributed by atoms with Crippen molar-refractivity contribution in [2.24, 2.45) is 95.1 Å². The van der Waals surface area contributed by atoms with E-state index < -0.39 is 135 Å². The second-order valence-corrected chi connectivity index (χ2v) is 44.7. The fourth-order valence-corrected chi connectivity index (χ4v) is 9.97. The van der Waals surface area contributed by atoms with E-state index in [2.05, 4.69) is 0 Å². The van der Waals surface area contributed by atoms with Gasteiger partial charge in [-0.1, -0.05) is 270 Å². The van der Waals surface area contributed by atoms with E-state index in [1.807, 2.05) is 159 Å². The molecule has 0 N–H and O–H groups in total. The van der Waals surface area contributed by atoms with Gasteiger partial charge >= 0.3 is 24.7 Å². The lowest BCUT2D eigenvalue weighted by Gasteiger charge is -2.38. The van der Waals surface area contributed by atoms with Crippen LogP contribution in [-0.4, -0.2) is 129 Å². The molecule has 0 spiro atoms. The van der Waals surface area contributed by atoms with Crippen LogP contribution in [0.1, 0.15) is 412 Å². The molecule has 0 amide bonds. The number of alkyl halides is 12. The molecule has 130 heavy (non-hydrogen) atoms. The normalized spacial score (nSPS) is 15.2. The molecule has 0 heterocycles. The molecular formula is C100H168F12O18. The molecule has 1 aliphatic rings. The molecule has 0 aliphatic heterocycles. The third-order valence-corrected chi connectivity index (χ3v) is 21.0. The Hall–Kier alpha value is -6.78. The molecule has 1 rings (SSSR count). The minimum absolute atomic E-state index is 0.0186. The van der Waals surface area contributed by atoms with Crippen LogP contribution in [0.3, 0.4) is 0 Å². The maximum absolute atomic E-state index is 12.9. The smallest absolute Gasteiger partial charge is 0.299 e. The molecule has 1 aliphatic carbocycles. The van der Waals surface area contributed by atoms with Crippen LogP contribution in [0.5, 0.6) is 0 Å². The van der Waals surface area contributed by atoms with Crippen LogP contribution in [0.2, 0.25) is 0 Å². The van der Waals surface area contributed by atoms with E-state index in [9.17, 15) is 139 Å². The zero-order valence-electron chi connectivity index (χ0n) is 86.7. The summed E-state index contributed by atoms with van der Waals surface area (Å²) in [6.45, 7) is 68.5. The lowest BCUT2D eigenvalue weighted by atomic mass is 9.69. The highest BCUT2D eigenvalue weighted by atomic mass is 19.4. The second kappa shape index (κ2) is 57.8. The molecule has 0 aromatic heterocycles. The largest absolute Gasteiger partial charge is 0.401 e. The molecule has 0 saturated heterocycles. The Morgan fingerprint density at radius 1 is 0.315 bits per heavy atom. The third kappa shape index (κ3) is 64.2. The van der Waals surface area contributed by atoms with Gasteiger partial charge in [0.1, 0.15) is 104 Å². The first-order valence-corrected chi connectivity index (χ1v) is 44.9. The molecule has 2 atom stereocenters. The van der Waals surface area contributed by atoms with E-state index in [4.69, 9.17) is 0 Å². The van der Waals surface area contributed by atoms with Crippen molar-refractivity contribution in [1.29, 1.82) is 0 Å². The van der Waals surface area contributed by atoms with Gasteiger partial charge < -0.3 is 0 Å². The summed E-state index contributed by atoms with van der Waals surface area (Å²) in [6, 6.07) is 0. The van der Waals surface area contributed by atoms with E-state index in [1.165, 1.54) is 20.8 Å². The zero-order chi connectivity index (χ0) is 106. The monoisotopic (exact) mass is 1890 g/mol. The van der Waals surface area contributed by atoms with E-state index in [1.54, 1.807) is 83.1 Å². The van der Waals surface area contributed by atoms with Gasteiger partial charge in [0.15, 0.2) is 11.6 Å². The number of carbonyl (C=O) groups is 18. The quantitative estimate of drug-likeness (QED) is 0.0435. The number of hydrogen-bond donors (Lipinski definition) is 0. The Labute approximate surface area is 771 Å². The van der Waals surface area contributed by atoms with Gasteiger partial charge in [0.25, 0.3) is 0 Å². The number of halogens is 12. The Morgan fingerprint density at radius 3 is 0.815 bits per heavy atom. The first kappa shape index (κ1) is 139. The van der Waals surface area contributed by atoms with Crippen LogP contribution in [0.25, 0.3) is 0 Å². The molecule has 2 unspecified atom stereocenters. The maximum atomic E-state index is 12.9. The van der Waals surface area contributed by atoms with Crippen molar-refractivity contribution in [2.75, 3.05) is 0 Å². The predicted octanol–water partition coefficient (Wildman–Crippen LogP) is 25.9. The minimum atomic E-state index is -4.59. The summed E-state index contributed by atoms with van der Waals surface area (Å²) in [5, 5.41) is 0. The zero-order valence-corrected chi connectivity index (χ0v) is 86.7. The Morgan fingerprint density at radius 2 is 0.577 bits per heavy atom. The van der Waals surface area contributed by atoms with Crippen molar-refractivity contribution in [2.45, 2.75) is 436 Å². The van der Waals surface area contributed by atoms with Gasteiger partial charge in [-0.05, 0) is 63.2 Å². The molecule has 0 aromatic rings. The minimum Gasteiger partial charge on any atom is -0.299 e. The molecule has 1 saturated carbocycles. The topological polar surface area (TPSA) is 307 Å². The number of Topliss-reactive ketones (excluding diaryl/α,β-unsaturated/α-hetero) is 18. The molecule has 30 heteroatoms. The average Bonchev–Trinajstić information content (AvgIpc) is 0.779. The number of hydrogen-bond acceptors (Lipinski definition) is 18. The Balaban J connectivity index is -0.000000216. The summed E-state index contributed by atoms with van der Waals surface area (Å²) >= 11 is 0. The standard InChI is InChI=1S/C15H23F3O2.C12H19F3O2.C12H22O2.C11H17F3O2.C11H20O2.C10H15F3O2.2C10H18O2.C9H16O2/c1-13(2,3)12(20)9-11(19)10-5-7-14(4,8-6-10)15(16,17)18;1-5-11(6-2,12(13,14)15)10(17)7-9(16)8(3)4;1-11(2,3)8-9(13)7-10(14)12(4,5)6;1-7(11(12,13)14)5-8(15)6-9(16)10(2,3)4;1-8(2)6-9(12)7-10(13)11(3,4)5;1-6(10(11,12)13)7(14)5-8(15)9(2,3)4;1-7(2)8(11)6-9(12)10(3,4)5;1-5-6-8(11)7-9(12)10(2,3)4;1-5-7(10)6-8(11)9(2,3)4/h10H,5-9H2,1-4H3;8H,5-7H2,1-4H3;7-8H2,1-6H3;7H,5-6H2,1-4H3;8H,6-7H2,1-5H3;6H,5H2,1-4H3;7H,6H2,1-5H3;5-7H2,1-4H3;5-6H2,1-4H3. The van der Waals surface area contributed by atoms with Crippen LogP contribution >= 0.6 is 0 Å². The van der Waals surface area contributed by atoms with Crippen LogP contribution in [-0.2, 0) is 86.3 Å². The molecular weight excluding hydrogens is 1720 g/mol. The first-order chi connectivity index (χ1) is 57.1. The van der Waals surface area contributed by atoms with Gasteiger partial charge in [-0.2, -0.15) is 52.7 Å². The summed E-state index contributed by atoms with van der Waals surface area (Å²) < 4.78 is 150. The second-order valence-electron chi connectivity index (χ2n) is 44.7. The maximum Gasteiger partial charge on any atom is 0.401 e. The summed E-state index contributed by atoms with van der Waals surface area (Å²) in [5.74, 6) is -8.12. The van der Waals surface area contributed by atoms with E-state index in [-0.39, 0.29) is 185 Å². The fourth-order valence-electron chi connectivity index (χ4n) is 9.97. The van der Waals surface area contributed by atoms with Crippen LogP contribution in [0.15, 0.2) is 0 Å². The number of rotatable bonds is 33. The van der Waals surface area contributed by atoms with Gasteiger partial charge in [-0.15, -0.1) is 0 Å². The van der Waals surface area contributed by atoms with Crippen molar-refractivity contribution < 1.29 is 139 Å². The summed E-state index contributed by atoms with van der Waals surface area (Å²) in [6.07, 6.45) is -17.2. The van der Waals surface area contributed by atoms with E-state index in [0.717, 1.165) is 20.3 Å². The summed E-state index contributed by atoms with van der Waals surface area (Å²) in [7, 11) is 0. The van der Waals surface area contributed by atoms with Crippen LogP contribution in [0.4, 0.5) is 52.7 Å². The predicted molar refractivity (Wildman–Crippen MR) is 486 cm³/mol. The molecule has 760 valence electrons. The van der Waals surface area contributed by atoms with Crippen molar-refractivity contribution >= 4 is 104 Å². The van der Waals surface area contributed by atoms with Crippen LogP contribution < -0.4 is 0 Å². The van der Waals surface area contributed by atoms with Crippen molar-refractivity contribution in [3.63, 3.8) is 0 Å². The summed E-state index contributed by atoms with van der Waals surface area (Å²) in [5.41, 5.74) is -8.01. The van der Waals surface area contributed by atoms with Gasteiger partial charge in [-0.3, -0.25) is 86.3 Å². The lowest BCUT2D eigenvalue weighted by Crippen LogP contribution is -2.45. The number of ketones is 18. The van der Waals surface area contributed by atoms with Crippen LogP contribution in [0, 0.1) is 95.1 Å². The highest BCUT2D eigenvalue weighted by Gasteiger charge is 2.57. The highest BCUT2D eigenvalue weighted by Crippen LogP contribution is 2.50. The molecule has 1 fully saturated rings. The summed E-state index contributed by atoms with van der Waals surface area (Å²) in [4.78, 5) is 205. The van der Waals surface area contributed by atoms with E-state index >= 15 is 0 Å². The molecule has 0 aromatic carbocycles. The average molecular weight is 1890 g/mol. The third-order valence-electron chi connectivity index (χ3n) is 21.0. The van der Waals surface area contributed by atoms with E-state index in [0.29, 0.717) is 31.6 Å². The SMILES string of the molecule is CC(C(=O)CC(=O)C(C)(C)C)C(F)(F)F.CC(C)(C)C(=O)CC(=O)C1CCC(C)(C(F)(F)F)CC1.CC(C)(C)CC(=O)CC(=O)C(C)(C)C.CC(C)C(=O)CC(=O)C(C)(C)C.CC(C)CC(=O)CC(=O)C(C)(C)C.CC(CC(=O)CC(=O)C(C)(C)C)C(F)(F)F.CCC(=O)CC(=O)C(C)(C)C.CCC(CC)(C(=O)CC(=O)C(C)C)C(F)(F)F.CCCC(=O)CC(=O)C(C)(C)C.